The van der Waals surface area contributed by atoms with E-state index in [1.807, 2.05) is 30.7 Å². The highest BCUT2D eigenvalue weighted by Crippen LogP contribution is 2.28. The molecule has 1 aromatic heterocycles. The van der Waals surface area contributed by atoms with Crippen LogP contribution in [0.2, 0.25) is 10.0 Å². The Labute approximate surface area is 202 Å². The van der Waals surface area contributed by atoms with Gasteiger partial charge in [0.05, 0.1) is 16.5 Å². The number of halogens is 2. The van der Waals surface area contributed by atoms with E-state index in [0.717, 1.165) is 5.75 Å². The molecule has 0 aliphatic rings. The van der Waals surface area contributed by atoms with Crippen LogP contribution >= 0.6 is 35.0 Å². The molecule has 0 spiro atoms. The molecular weight excluding hydrogens is 467 g/mol. The largest absolute Gasteiger partial charge is 0.483 e. The first kappa shape index (κ1) is 24.4. The highest BCUT2D eigenvalue weighted by atomic mass is 35.5. The van der Waals surface area contributed by atoms with E-state index in [-0.39, 0.29) is 23.2 Å². The normalized spacial score (nSPS) is 12.5. The van der Waals surface area contributed by atoms with Gasteiger partial charge in [0.25, 0.3) is 0 Å². The summed E-state index contributed by atoms with van der Waals surface area (Å²) in [7, 11) is 1.86. The molecule has 1 N–H and O–H groups in total. The Morgan fingerprint density at radius 3 is 2.47 bits per heavy atom. The van der Waals surface area contributed by atoms with Gasteiger partial charge in [0.2, 0.25) is 5.91 Å². The second kappa shape index (κ2) is 10.1. The number of hydrogen-bond donors (Lipinski definition) is 1. The average molecular weight is 493 g/mol. The molecule has 0 aliphatic carbocycles. The van der Waals surface area contributed by atoms with Crippen molar-refractivity contribution < 1.29 is 9.53 Å². The molecule has 0 aliphatic heterocycles. The molecule has 0 bridgehead atoms. The summed E-state index contributed by atoms with van der Waals surface area (Å²) in [6.45, 7) is 8.45. The Bertz CT molecular complexity index is 1090. The number of carbonyl (C=O) groups is 1. The predicted octanol–water partition coefficient (Wildman–Crippen LogP) is 6.29. The maximum Gasteiger partial charge on any atom is 0.234 e. The van der Waals surface area contributed by atoms with Crippen LogP contribution in [-0.4, -0.2) is 26.4 Å². The fourth-order valence-electron chi connectivity index (χ4n) is 3.00. The number of nitrogens with one attached hydrogen (secondary N) is 1. The van der Waals surface area contributed by atoms with E-state index < -0.39 is 0 Å². The summed E-state index contributed by atoms with van der Waals surface area (Å²) in [5.74, 6) is 1.40. The van der Waals surface area contributed by atoms with Gasteiger partial charge in [0.1, 0.15) is 5.75 Å². The number of carbonyl (C=O) groups excluding carboxylic acids is 1. The van der Waals surface area contributed by atoms with Crippen LogP contribution < -0.4 is 10.1 Å². The molecule has 1 atom stereocenters. The number of thioether (sulfide) groups is 1. The van der Waals surface area contributed by atoms with Crippen molar-refractivity contribution in [1.82, 2.24) is 14.8 Å². The first-order valence-electron chi connectivity index (χ1n) is 10.1. The quantitative estimate of drug-likeness (QED) is 0.392. The molecular formula is C23H26Cl2N4O2S. The molecule has 0 saturated carbocycles. The lowest BCUT2D eigenvalue weighted by molar-refractivity contribution is -0.113. The number of ether oxygens (including phenoxy) is 1. The molecule has 1 amide bonds. The monoisotopic (exact) mass is 492 g/mol. The standard InChI is InChI=1S/C23H26Cl2N4O2S/c1-14(31-17-9-6-15(7-10-17)23(2,3)4)21-27-28-22(29(21)5)32-13-20(30)26-19-11-8-16(24)12-18(19)25/h6-12,14H,13H2,1-5H3,(H,26,30). The van der Waals surface area contributed by atoms with Crippen molar-refractivity contribution in [3.05, 3.63) is 63.9 Å². The SMILES string of the molecule is CC(Oc1ccc(C(C)(C)C)cc1)c1nnc(SCC(=O)Nc2ccc(Cl)cc2Cl)n1C. The molecule has 32 heavy (non-hydrogen) atoms. The van der Waals surface area contributed by atoms with Crippen LogP contribution in [0.15, 0.2) is 47.6 Å². The zero-order valence-corrected chi connectivity index (χ0v) is 21.0. The van der Waals surface area contributed by atoms with Crippen LogP contribution in [0.3, 0.4) is 0 Å². The van der Waals surface area contributed by atoms with E-state index in [0.29, 0.717) is 26.7 Å². The van der Waals surface area contributed by atoms with Crippen molar-refractivity contribution >= 4 is 46.6 Å². The topological polar surface area (TPSA) is 69.0 Å². The molecule has 2 aromatic carbocycles. The fourth-order valence-corrected chi connectivity index (χ4v) is 4.18. The molecule has 1 heterocycles. The Hall–Kier alpha value is -2.22. The van der Waals surface area contributed by atoms with Gasteiger partial charge in [-0.05, 0) is 48.2 Å². The zero-order chi connectivity index (χ0) is 23.5. The minimum absolute atomic E-state index is 0.0883. The minimum Gasteiger partial charge on any atom is -0.483 e. The van der Waals surface area contributed by atoms with Crippen LogP contribution in [0.5, 0.6) is 5.75 Å². The Kier molecular flexibility index (Phi) is 7.75. The van der Waals surface area contributed by atoms with E-state index in [4.69, 9.17) is 27.9 Å². The molecule has 9 heteroatoms. The second-order valence-corrected chi connectivity index (χ2v) is 10.2. The van der Waals surface area contributed by atoms with Gasteiger partial charge in [-0.25, -0.2) is 0 Å². The number of anilines is 1. The highest BCUT2D eigenvalue weighted by molar-refractivity contribution is 7.99. The van der Waals surface area contributed by atoms with Gasteiger partial charge >= 0.3 is 0 Å². The predicted molar refractivity (Wildman–Crippen MR) is 131 cm³/mol. The minimum atomic E-state index is -0.302. The van der Waals surface area contributed by atoms with Crippen molar-refractivity contribution in [2.75, 3.05) is 11.1 Å². The smallest absolute Gasteiger partial charge is 0.234 e. The molecule has 1 unspecified atom stereocenters. The molecule has 3 aromatic rings. The van der Waals surface area contributed by atoms with Gasteiger partial charge in [0.15, 0.2) is 17.1 Å². The average Bonchev–Trinajstić information content (AvgIpc) is 3.09. The number of nitrogens with zero attached hydrogens (tertiary/aromatic N) is 3. The van der Waals surface area contributed by atoms with Crippen LogP contribution in [0.25, 0.3) is 0 Å². The summed E-state index contributed by atoms with van der Waals surface area (Å²) >= 11 is 13.3. The molecule has 0 fully saturated rings. The van der Waals surface area contributed by atoms with Gasteiger partial charge < -0.3 is 14.6 Å². The van der Waals surface area contributed by atoms with E-state index in [1.165, 1.54) is 17.3 Å². The van der Waals surface area contributed by atoms with Crippen LogP contribution in [-0.2, 0) is 17.3 Å². The summed E-state index contributed by atoms with van der Waals surface area (Å²) in [5, 5.41) is 12.7. The third kappa shape index (κ3) is 6.18. The number of hydrogen-bond acceptors (Lipinski definition) is 5. The van der Waals surface area contributed by atoms with Crippen LogP contribution in [0, 0.1) is 0 Å². The lowest BCUT2D eigenvalue weighted by Crippen LogP contribution is -2.15. The van der Waals surface area contributed by atoms with E-state index >= 15 is 0 Å². The number of amides is 1. The van der Waals surface area contributed by atoms with Gasteiger partial charge in [-0.15, -0.1) is 10.2 Å². The molecule has 3 rings (SSSR count). The maximum atomic E-state index is 12.3. The van der Waals surface area contributed by atoms with Gasteiger partial charge in [-0.1, -0.05) is 67.9 Å². The zero-order valence-electron chi connectivity index (χ0n) is 18.6. The van der Waals surface area contributed by atoms with E-state index in [1.54, 1.807) is 18.2 Å². The first-order chi connectivity index (χ1) is 15.0. The van der Waals surface area contributed by atoms with Crippen molar-refractivity contribution in [3.63, 3.8) is 0 Å². The summed E-state index contributed by atoms with van der Waals surface area (Å²) in [6.07, 6.45) is -0.302. The van der Waals surface area contributed by atoms with Crippen molar-refractivity contribution in [3.8, 4) is 5.75 Å². The first-order valence-corrected chi connectivity index (χ1v) is 11.8. The number of benzene rings is 2. The summed E-state index contributed by atoms with van der Waals surface area (Å²) in [6, 6.07) is 13.0. The lowest BCUT2D eigenvalue weighted by atomic mass is 9.87. The molecule has 170 valence electrons. The number of aromatic nitrogens is 3. The molecule has 0 saturated heterocycles. The lowest BCUT2D eigenvalue weighted by Gasteiger charge is -2.20. The summed E-state index contributed by atoms with van der Waals surface area (Å²) < 4.78 is 7.89. The van der Waals surface area contributed by atoms with Crippen LogP contribution in [0.1, 0.15) is 45.2 Å². The van der Waals surface area contributed by atoms with Crippen molar-refractivity contribution in [2.24, 2.45) is 7.05 Å². The Morgan fingerprint density at radius 1 is 1.16 bits per heavy atom. The Balaban J connectivity index is 1.59. The van der Waals surface area contributed by atoms with Crippen molar-refractivity contribution in [1.29, 1.82) is 0 Å². The summed E-state index contributed by atoms with van der Waals surface area (Å²) in [5.41, 5.74) is 1.85. The Morgan fingerprint density at radius 2 is 1.84 bits per heavy atom. The third-order valence-corrected chi connectivity index (χ3v) is 6.37. The fraction of sp³-hybridized carbons (Fsp3) is 0.348. The second-order valence-electron chi connectivity index (χ2n) is 8.40. The maximum absolute atomic E-state index is 12.3. The summed E-state index contributed by atoms with van der Waals surface area (Å²) in [4.78, 5) is 12.3. The van der Waals surface area contributed by atoms with Gasteiger partial charge in [0, 0.05) is 12.1 Å². The molecule has 0 radical (unpaired) electrons. The number of rotatable bonds is 7. The third-order valence-electron chi connectivity index (χ3n) is 4.80. The van der Waals surface area contributed by atoms with Crippen LogP contribution in [0.4, 0.5) is 5.69 Å². The van der Waals surface area contributed by atoms with E-state index in [2.05, 4.69) is 48.4 Å². The van der Waals surface area contributed by atoms with Gasteiger partial charge in [-0.2, -0.15) is 0 Å². The highest BCUT2D eigenvalue weighted by Gasteiger charge is 2.19. The molecule has 6 nitrogen and oxygen atoms in total. The van der Waals surface area contributed by atoms with E-state index in [9.17, 15) is 4.79 Å². The van der Waals surface area contributed by atoms with Gasteiger partial charge in [-0.3, -0.25) is 4.79 Å². The van der Waals surface area contributed by atoms with Crippen molar-refractivity contribution in [2.45, 2.75) is 44.4 Å².